The molecule has 1 saturated heterocycles. The topological polar surface area (TPSA) is 70.8 Å². The number of nitrogens with two attached hydrogens (primary N) is 1. The van der Waals surface area contributed by atoms with E-state index in [-0.39, 0.29) is 6.04 Å². The van der Waals surface area contributed by atoms with Gasteiger partial charge in [0.05, 0.1) is 0 Å². The molecule has 3 N–H and O–H groups in total. The fraction of sp³-hybridized carbons (Fsp3) is 0.857. The molecule has 1 fully saturated rings. The summed E-state index contributed by atoms with van der Waals surface area (Å²) in [5.74, 6) is 2.36. The Kier molecular flexibility index (Phi) is 4.13. The highest BCUT2D eigenvalue weighted by Gasteiger charge is 2.23. The molecule has 1 aliphatic rings. The van der Waals surface area contributed by atoms with Crippen LogP contribution in [0.25, 0.3) is 0 Å². The Bertz CT molecular complexity index is 406. The number of hydrogen-bond donors (Lipinski definition) is 2. The monoisotopic (exact) mass is 265 g/mol. The molecule has 108 valence electrons. The first-order valence-electron chi connectivity index (χ1n) is 7.28. The van der Waals surface area contributed by atoms with Crippen LogP contribution in [0.1, 0.15) is 46.4 Å². The molecule has 2 rings (SSSR count). The molecule has 2 unspecified atom stereocenters. The van der Waals surface area contributed by atoms with Gasteiger partial charge in [-0.05, 0) is 24.2 Å². The molecule has 0 saturated carbocycles. The third-order valence-electron chi connectivity index (χ3n) is 4.24. The van der Waals surface area contributed by atoms with Gasteiger partial charge in [-0.25, -0.2) is 0 Å². The van der Waals surface area contributed by atoms with E-state index in [4.69, 9.17) is 5.73 Å². The van der Waals surface area contributed by atoms with Crippen molar-refractivity contribution in [2.24, 2.45) is 17.1 Å². The maximum absolute atomic E-state index is 6.00. The molecular weight excluding hydrogens is 238 g/mol. The van der Waals surface area contributed by atoms with Gasteiger partial charge in [0.2, 0.25) is 5.95 Å². The first-order valence-corrected chi connectivity index (χ1v) is 7.28. The summed E-state index contributed by atoms with van der Waals surface area (Å²) in [5, 5.41) is 7.42. The fourth-order valence-corrected chi connectivity index (χ4v) is 2.31. The SMILES string of the molecule is CC(Cc1nc(N2CCCC(N)C2)n[nH]1)C(C)(C)C. The van der Waals surface area contributed by atoms with Crippen LogP contribution in [0.2, 0.25) is 0 Å². The number of nitrogens with one attached hydrogen (secondary N) is 1. The lowest BCUT2D eigenvalue weighted by atomic mass is 9.80. The molecule has 0 aromatic carbocycles. The molecule has 0 spiro atoms. The van der Waals surface area contributed by atoms with E-state index in [0.29, 0.717) is 11.3 Å². The van der Waals surface area contributed by atoms with Crippen molar-refractivity contribution in [1.82, 2.24) is 15.2 Å². The van der Waals surface area contributed by atoms with Crippen LogP contribution in [-0.2, 0) is 6.42 Å². The molecule has 1 aromatic rings. The first-order chi connectivity index (χ1) is 8.86. The smallest absolute Gasteiger partial charge is 0.244 e. The number of piperidine rings is 1. The third kappa shape index (κ3) is 3.69. The molecule has 2 atom stereocenters. The standard InChI is InChI=1S/C14H27N5/c1-10(14(2,3)4)8-12-16-13(18-17-12)19-7-5-6-11(15)9-19/h10-11H,5-9,15H2,1-4H3,(H,16,17,18). The number of rotatable bonds is 3. The number of aromatic amines is 1. The molecule has 5 heteroatoms. The number of hydrogen-bond acceptors (Lipinski definition) is 4. The van der Waals surface area contributed by atoms with Crippen LogP contribution in [0, 0.1) is 11.3 Å². The second-order valence-electron chi connectivity index (χ2n) is 6.90. The molecular formula is C14H27N5. The molecule has 5 nitrogen and oxygen atoms in total. The minimum atomic E-state index is 0.254. The normalized spacial score (nSPS) is 22.6. The Balaban J connectivity index is 1.99. The lowest BCUT2D eigenvalue weighted by Crippen LogP contribution is -2.43. The number of aromatic nitrogens is 3. The lowest BCUT2D eigenvalue weighted by Gasteiger charge is -2.29. The predicted molar refractivity (Wildman–Crippen MR) is 78.1 cm³/mol. The van der Waals surface area contributed by atoms with Gasteiger partial charge in [0.15, 0.2) is 0 Å². The summed E-state index contributed by atoms with van der Waals surface area (Å²) >= 11 is 0. The largest absolute Gasteiger partial charge is 0.338 e. The fourth-order valence-electron chi connectivity index (χ4n) is 2.31. The van der Waals surface area contributed by atoms with E-state index in [9.17, 15) is 0 Å². The van der Waals surface area contributed by atoms with Gasteiger partial charge in [-0.2, -0.15) is 4.98 Å². The maximum atomic E-state index is 6.00. The molecule has 0 aliphatic carbocycles. The third-order valence-corrected chi connectivity index (χ3v) is 4.24. The lowest BCUT2D eigenvalue weighted by molar-refractivity contribution is 0.257. The van der Waals surface area contributed by atoms with Crippen LogP contribution in [0.15, 0.2) is 0 Å². The van der Waals surface area contributed by atoms with Gasteiger partial charge in [-0.15, -0.1) is 5.10 Å². The minimum absolute atomic E-state index is 0.254. The Morgan fingerprint density at radius 2 is 2.21 bits per heavy atom. The Morgan fingerprint density at radius 1 is 1.47 bits per heavy atom. The maximum Gasteiger partial charge on any atom is 0.244 e. The van der Waals surface area contributed by atoms with Crippen LogP contribution < -0.4 is 10.6 Å². The molecule has 0 amide bonds. The van der Waals surface area contributed by atoms with E-state index in [2.05, 4.69) is 47.8 Å². The molecule has 19 heavy (non-hydrogen) atoms. The first kappa shape index (κ1) is 14.3. The van der Waals surface area contributed by atoms with Gasteiger partial charge in [0.1, 0.15) is 5.82 Å². The summed E-state index contributed by atoms with van der Waals surface area (Å²) in [6, 6.07) is 0.254. The van der Waals surface area contributed by atoms with Crippen molar-refractivity contribution in [1.29, 1.82) is 0 Å². The van der Waals surface area contributed by atoms with Crippen molar-refractivity contribution in [2.45, 2.75) is 53.0 Å². The molecule has 0 bridgehead atoms. The van der Waals surface area contributed by atoms with Crippen molar-refractivity contribution >= 4 is 5.95 Å². The second-order valence-corrected chi connectivity index (χ2v) is 6.90. The van der Waals surface area contributed by atoms with Crippen LogP contribution in [0.4, 0.5) is 5.95 Å². The number of anilines is 1. The van der Waals surface area contributed by atoms with Gasteiger partial charge < -0.3 is 10.6 Å². The number of H-pyrrole nitrogens is 1. The summed E-state index contributed by atoms with van der Waals surface area (Å²) < 4.78 is 0. The van der Waals surface area contributed by atoms with Crippen LogP contribution in [-0.4, -0.2) is 34.3 Å². The van der Waals surface area contributed by atoms with E-state index in [1.54, 1.807) is 0 Å². The molecule has 2 heterocycles. The van der Waals surface area contributed by atoms with Gasteiger partial charge in [-0.3, -0.25) is 5.10 Å². The Labute approximate surface area is 116 Å². The highest BCUT2D eigenvalue weighted by molar-refractivity contribution is 5.30. The Hall–Kier alpha value is -1.10. The van der Waals surface area contributed by atoms with Crippen molar-refractivity contribution < 1.29 is 0 Å². The summed E-state index contributed by atoms with van der Waals surface area (Å²) in [5.41, 5.74) is 6.29. The van der Waals surface area contributed by atoms with E-state index in [1.807, 2.05) is 0 Å². The van der Waals surface area contributed by atoms with E-state index < -0.39 is 0 Å². The second kappa shape index (κ2) is 5.49. The molecule has 1 aromatic heterocycles. The van der Waals surface area contributed by atoms with Crippen molar-refractivity contribution in [3.05, 3.63) is 5.82 Å². The highest BCUT2D eigenvalue weighted by Crippen LogP contribution is 2.28. The predicted octanol–water partition coefficient (Wildman–Crippen LogP) is 1.96. The van der Waals surface area contributed by atoms with E-state index >= 15 is 0 Å². The van der Waals surface area contributed by atoms with Crippen LogP contribution >= 0.6 is 0 Å². The quantitative estimate of drug-likeness (QED) is 0.876. The number of nitrogens with zero attached hydrogens (tertiary/aromatic N) is 3. The van der Waals surface area contributed by atoms with E-state index in [1.165, 1.54) is 0 Å². The summed E-state index contributed by atoms with van der Waals surface area (Å²) in [7, 11) is 0. The van der Waals surface area contributed by atoms with Gasteiger partial charge in [0, 0.05) is 25.6 Å². The molecule has 1 aliphatic heterocycles. The zero-order valence-corrected chi connectivity index (χ0v) is 12.6. The average Bonchev–Trinajstić information content (AvgIpc) is 2.76. The Morgan fingerprint density at radius 3 is 2.84 bits per heavy atom. The zero-order valence-electron chi connectivity index (χ0n) is 12.6. The van der Waals surface area contributed by atoms with Crippen molar-refractivity contribution in [2.75, 3.05) is 18.0 Å². The highest BCUT2D eigenvalue weighted by atomic mass is 15.4. The van der Waals surface area contributed by atoms with Crippen LogP contribution in [0.5, 0.6) is 0 Å². The summed E-state index contributed by atoms with van der Waals surface area (Å²) in [6.07, 6.45) is 3.18. The van der Waals surface area contributed by atoms with Crippen molar-refractivity contribution in [3.63, 3.8) is 0 Å². The molecule has 0 radical (unpaired) electrons. The zero-order chi connectivity index (χ0) is 14.0. The van der Waals surface area contributed by atoms with Crippen molar-refractivity contribution in [3.8, 4) is 0 Å². The summed E-state index contributed by atoms with van der Waals surface area (Å²) in [6.45, 7) is 10.9. The van der Waals surface area contributed by atoms with Gasteiger partial charge in [0.25, 0.3) is 0 Å². The minimum Gasteiger partial charge on any atom is -0.338 e. The average molecular weight is 265 g/mol. The van der Waals surface area contributed by atoms with Gasteiger partial charge >= 0.3 is 0 Å². The van der Waals surface area contributed by atoms with Gasteiger partial charge in [-0.1, -0.05) is 27.7 Å². The van der Waals surface area contributed by atoms with E-state index in [0.717, 1.165) is 44.1 Å². The summed E-state index contributed by atoms with van der Waals surface area (Å²) in [4.78, 5) is 6.82. The van der Waals surface area contributed by atoms with Crippen LogP contribution in [0.3, 0.4) is 0 Å².